The van der Waals surface area contributed by atoms with Gasteiger partial charge in [-0.05, 0) is 50.6 Å². The molecule has 0 aromatic heterocycles. The Morgan fingerprint density at radius 2 is 1.60 bits per heavy atom. The molecule has 2 N–H and O–H groups in total. The third-order valence-corrected chi connectivity index (χ3v) is 4.29. The van der Waals surface area contributed by atoms with Gasteiger partial charge in [0, 0.05) is 44.0 Å². The molecular weight excluding hydrogens is 310 g/mol. The van der Waals surface area contributed by atoms with Crippen LogP contribution in [0.2, 0.25) is 0 Å². The van der Waals surface area contributed by atoms with Crippen molar-refractivity contribution in [2.45, 2.75) is 33.7 Å². The van der Waals surface area contributed by atoms with E-state index < -0.39 is 0 Å². The van der Waals surface area contributed by atoms with E-state index in [0.717, 1.165) is 24.3 Å². The molecule has 0 fully saturated rings. The van der Waals surface area contributed by atoms with Crippen molar-refractivity contribution in [2.75, 3.05) is 29.9 Å². The number of aryl methyl sites for hydroxylation is 1. The van der Waals surface area contributed by atoms with Gasteiger partial charge in [0.05, 0.1) is 0 Å². The van der Waals surface area contributed by atoms with E-state index in [9.17, 15) is 4.79 Å². The molecule has 0 saturated heterocycles. The van der Waals surface area contributed by atoms with Crippen molar-refractivity contribution in [1.82, 2.24) is 5.32 Å². The number of nitrogens with zero attached hydrogens (tertiary/aromatic N) is 1. The first-order valence-corrected chi connectivity index (χ1v) is 9.03. The fraction of sp³-hybridized carbons (Fsp3) is 0.381. The summed E-state index contributed by atoms with van der Waals surface area (Å²) in [4.78, 5) is 14.2. The van der Waals surface area contributed by atoms with E-state index >= 15 is 0 Å². The van der Waals surface area contributed by atoms with Gasteiger partial charge in [-0.3, -0.25) is 4.79 Å². The van der Waals surface area contributed by atoms with Crippen LogP contribution in [0.5, 0.6) is 0 Å². The molecule has 0 aliphatic rings. The second kappa shape index (κ2) is 9.72. The molecule has 0 aliphatic heterocycles. The van der Waals surface area contributed by atoms with Gasteiger partial charge in [0.15, 0.2) is 0 Å². The first-order valence-electron chi connectivity index (χ1n) is 9.03. The van der Waals surface area contributed by atoms with E-state index in [-0.39, 0.29) is 5.91 Å². The molecule has 0 unspecified atom stereocenters. The number of benzene rings is 2. The minimum atomic E-state index is 0.0628. The molecule has 0 aliphatic carbocycles. The first kappa shape index (κ1) is 18.8. The smallest absolute Gasteiger partial charge is 0.222 e. The van der Waals surface area contributed by atoms with Crippen LogP contribution in [0.1, 0.15) is 31.4 Å². The molecule has 0 heterocycles. The number of hydrogen-bond acceptors (Lipinski definition) is 3. The maximum Gasteiger partial charge on any atom is 0.222 e. The van der Waals surface area contributed by atoms with Crippen molar-refractivity contribution in [2.24, 2.45) is 0 Å². The molecule has 2 aromatic rings. The molecule has 25 heavy (non-hydrogen) atoms. The minimum Gasteiger partial charge on any atom is -0.385 e. The number of carbonyl (C=O) groups is 1. The summed E-state index contributed by atoms with van der Waals surface area (Å²) < 4.78 is 0. The Morgan fingerprint density at radius 1 is 0.960 bits per heavy atom. The summed E-state index contributed by atoms with van der Waals surface area (Å²) in [6, 6.07) is 16.6. The van der Waals surface area contributed by atoms with E-state index in [1.54, 1.807) is 0 Å². The normalized spacial score (nSPS) is 10.4. The highest BCUT2D eigenvalue weighted by Gasteiger charge is 2.03. The lowest BCUT2D eigenvalue weighted by Gasteiger charge is -2.21. The van der Waals surface area contributed by atoms with E-state index in [4.69, 9.17) is 0 Å². The number of carbonyl (C=O) groups excluding carboxylic acids is 1. The molecule has 1 amide bonds. The predicted molar refractivity (Wildman–Crippen MR) is 106 cm³/mol. The van der Waals surface area contributed by atoms with Gasteiger partial charge >= 0.3 is 0 Å². The van der Waals surface area contributed by atoms with Crippen LogP contribution in [0.4, 0.5) is 11.4 Å². The lowest BCUT2D eigenvalue weighted by molar-refractivity contribution is -0.121. The molecule has 2 aromatic carbocycles. The summed E-state index contributed by atoms with van der Waals surface area (Å²) in [5.41, 5.74) is 4.62. The Kier molecular flexibility index (Phi) is 7.33. The number of amides is 1. The number of nitrogens with one attached hydrogen (secondary N) is 2. The van der Waals surface area contributed by atoms with Crippen LogP contribution in [0.15, 0.2) is 48.5 Å². The second-order valence-electron chi connectivity index (χ2n) is 6.16. The van der Waals surface area contributed by atoms with Gasteiger partial charge in [0.25, 0.3) is 0 Å². The second-order valence-corrected chi connectivity index (χ2v) is 6.16. The molecule has 2 rings (SSSR count). The average molecular weight is 339 g/mol. The van der Waals surface area contributed by atoms with Crippen molar-refractivity contribution in [3.63, 3.8) is 0 Å². The summed E-state index contributed by atoms with van der Waals surface area (Å²) in [5, 5.41) is 6.26. The van der Waals surface area contributed by atoms with Crippen LogP contribution in [-0.4, -0.2) is 25.5 Å². The Morgan fingerprint density at radius 3 is 2.20 bits per heavy atom. The van der Waals surface area contributed by atoms with Crippen molar-refractivity contribution in [3.05, 3.63) is 59.7 Å². The average Bonchev–Trinajstić information content (AvgIpc) is 2.63. The molecule has 134 valence electrons. The Labute approximate surface area is 151 Å². The number of hydrogen-bond donors (Lipinski definition) is 2. The van der Waals surface area contributed by atoms with Gasteiger partial charge < -0.3 is 15.5 Å². The molecule has 0 saturated carbocycles. The topological polar surface area (TPSA) is 44.4 Å². The summed E-state index contributed by atoms with van der Waals surface area (Å²) in [5.74, 6) is 0.0628. The third-order valence-electron chi connectivity index (χ3n) is 4.29. The fourth-order valence-corrected chi connectivity index (χ4v) is 2.69. The molecule has 4 heteroatoms. The van der Waals surface area contributed by atoms with E-state index in [0.29, 0.717) is 19.5 Å². The van der Waals surface area contributed by atoms with E-state index in [1.807, 2.05) is 12.1 Å². The van der Waals surface area contributed by atoms with Gasteiger partial charge in [-0.15, -0.1) is 0 Å². The van der Waals surface area contributed by atoms with E-state index in [1.165, 1.54) is 11.3 Å². The monoisotopic (exact) mass is 339 g/mol. The zero-order valence-corrected chi connectivity index (χ0v) is 15.5. The summed E-state index contributed by atoms with van der Waals surface area (Å²) >= 11 is 0. The standard InChI is InChI=1S/C21H29N3O/c1-4-24(5-2)20-12-10-19(11-13-20)22-15-14-21(25)23-16-18-8-6-17(3)7-9-18/h6-13,22H,4-5,14-16H2,1-3H3,(H,23,25). The van der Waals surface area contributed by atoms with Gasteiger partial charge in [0.2, 0.25) is 5.91 Å². The van der Waals surface area contributed by atoms with E-state index in [2.05, 4.69) is 72.7 Å². The summed E-state index contributed by atoms with van der Waals surface area (Å²) in [7, 11) is 0. The van der Waals surface area contributed by atoms with Crippen LogP contribution in [0.25, 0.3) is 0 Å². The van der Waals surface area contributed by atoms with Crippen molar-refractivity contribution in [1.29, 1.82) is 0 Å². The SMILES string of the molecule is CCN(CC)c1ccc(NCCC(=O)NCc2ccc(C)cc2)cc1. The van der Waals surface area contributed by atoms with Gasteiger partial charge in [-0.2, -0.15) is 0 Å². The molecule has 4 nitrogen and oxygen atoms in total. The molecule has 0 atom stereocenters. The lowest BCUT2D eigenvalue weighted by atomic mass is 10.1. The zero-order valence-electron chi connectivity index (χ0n) is 15.5. The highest BCUT2D eigenvalue weighted by atomic mass is 16.1. The maximum atomic E-state index is 11.9. The highest BCUT2D eigenvalue weighted by molar-refractivity contribution is 5.76. The highest BCUT2D eigenvalue weighted by Crippen LogP contribution is 2.17. The van der Waals surface area contributed by atoms with Gasteiger partial charge in [0.1, 0.15) is 0 Å². The van der Waals surface area contributed by atoms with Crippen LogP contribution in [0, 0.1) is 6.92 Å². The van der Waals surface area contributed by atoms with Gasteiger partial charge in [-0.25, -0.2) is 0 Å². The van der Waals surface area contributed by atoms with Crippen LogP contribution >= 0.6 is 0 Å². The first-order chi connectivity index (χ1) is 12.1. The predicted octanol–water partition coefficient (Wildman–Crippen LogP) is 3.96. The van der Waals surface area contributed by atoms with Gasteiger partial charge in [-0.1, -0.05) is 29.8 Å². The minimum absolute atomic E-state index is 0.0628. The fourth-order valence-electron chi connectivity index (χ4n) is 2.69. The molecule has 0 radical (unpaired) electrons. The Hall–Kier alpha value is -2.49. The van der Waals surface area contributed by atoms with Crippen molar-refractivity contribution in [3.8, 4) is 0 Å². The number of anilines is 2. The van der Waals surface area contributed by atoms with Crippen LogP contribution in [-0.2, 0) is 11.3 Å². The summed E-state index contributed by atoms with van der Waals surface area (Å²) in [6.07, 6.45) is 0.462. The third kappa shape index (κ3) is 6.14. The largest absolute Gasteiger partial charge is 0.385 e. The molecule has 0 bridgehead atoms. The molecule has 0 spiro atoms. The quantitative estimate of drug-likeness (QED) is 0.727. The molecular formula is C21H29N3O. The van der Waals surface area contributed by atoms with Crippen molar-refractivity contribution >= 4 is 17.3 Å². The Bertz CT molecular complexity index is 646. The van der Waals surface area contributed by atoms with Crippen LogP contribution < -0.4 is 15.5 Å². The maximum absolute atomic E-state index is 11.9. The number of rotatable bonds is 9. The zero-order chi connectivity index (χ0) is 18.1. The van der Waals surface area contributed by atoms with Crippen LogP contribution in [0.3, 0.4) is 0 Å². The summed E-state index contributed by atoms with van der Waals surface area (Å²) in [6.45, 7) is 9.59. The van der Waals surface area contributed by atoms with Crippen molar-refractivity contribution < 1.29 is 4.79 Å². The lowest BCUT2D eigenvalue weighted by Crippen LogP contribution is -2.24. The Balaban J connectivity index is 1.71.